The van der Waals surface area contributed by atoms with E-state index in [4.69, 9.17) is 0 Å². The molecule has 2 aromatic rings. The standard InChI is InChI=1S/C15H21N7O/c23-15(16-10-14-20-19-13-6-3-9-21(13)14)18-12-7-8-17-22(12)11-4-1-2-5-11/h7-8,11H,1-6,9-10H2,(H2,16,18,23). The van der Waals surface area contributed by atoms with Gasteiger partial charge in [0, 0.05) is 19.0 Å². The lowest BCUT2D eigenvalue weighted by atomic mass is 10.2. The van der Waals surface area contributed by atoms with E-state index in [-0.39, 0.29) is 6.03 Å². The van der Waals surface area contributed by atoms with Crippen LogP contribution in [0.25, 0.3) is 0 Å². The zero-order valence-electron chi connectivity index (χ0n) is 13.0. The van der Waals surface area contributed by atoms with Crippen molar-refractivity contribution in [3.05, 3.63) is 23.9 Å². The van der Waals surface area contributed by atoms with Gasteiger partial charge in [-0.3, -0.25) is 5.32 Å². The molecule has 23 heavy (non-hydrogen) atoms. The minimum atomic E-state index is -0.236. The fourth-order valence-corrected chi connectivity index (χ4v) is 3.51. The molecular formula is C15H21N7O. The Kier molecular flexibility index (Phi) is 3.72. The van der Waals surface area contributed by atoms with Crippen molar-refractivity contribution in [1.29, 1.82) is 0 Å². The normalized spacial score (nSPS) is 17.4. The molecule has 2 aromatic heterocycles. The second kappa shape index (κ2) is 6.02. The Morgan fingerprint density at radius 2 is 2.13 bits per heavy atom. The second-order valence-electron chi connectivity index (χ2n) is 6.19. The molecule has 1 fully saturated rings. The van der Waals surface area contributed by atoms with Crippen molar-refractivity contribution in [1.82, 2.24) is 29.9 Å². The van der Waals surface area contributed by atoms with Crippen LogP contribution in [0.4, 0.5) is 10.6 Å². The zero-order valence-corrected chi connectivity index (χ0v) is 13.0. The van der Waals surface area contributed by atoms with Crippen LogP contribution in [0.3, 0.4) is 0 Å². The van der Waals surface area contributed by atoms with Crippen molar-refractivity contribution >= 4 is 11.8 Å². The van der Waals surface area contributed by atoms with Gasteiger partial charge in [-0.15, -0.1) is 10.2 Å². The van der Waals surface area contributed by atoms with Gasteiger partial charge in [0.1, 0.15) is 11.6 Å². The van der Waals surface area contributed by atoms with Crippen LogP contribution in [-0.4, -0.2) is 30.6 Å². The van der Waals surface area contributed by atoms with Gasteiger partial charge in [0.15, 0.2) is 5.82 Å². The lowest BCUT2D eigenvalue weighted by molar-refractivity contribution is 0.251. The van der Waals surface area contributed by atoms with Crippen molar-refractivity contribution in [2.24, 2.45) is 0 Å². The van der Waals surface area contributed by atoms with E-state index in [0.717, 1.165) is 49.7 Å². The molecule has 1 aliphatic carbocycles. The summed E-state index contributed by atoms with van der Waals surface area (Å²) in [7, 11) is 0. The zero-order chi connectivity index (χ0) is 15.6. The summed E-state index contributed by atoms with van der Waals surface area (Å²) in [6.07, 6.45) is 8.53. The third-order valence-electron chi connectivity index (χ3n) is 4.68. The predicted molar refractivity (Wildman–Crippen MR) is 83.9 cm³/mol. The maximum atomic E-state index is 12.2. The topological polar surface area (TPSA) is 89.7 Å². The summed E-state index contributed by atoms with van der Waals surface area (Å²) < 4.78 is 4.02. The minimum absolute atomic E-state index is 0.236. The molecule has 3 heterocycles. The lowest BCUT2D eigenvalue weighted by Crippen LogP contribution is -2.30. The molecule has 4 rings (SSSR count). The number of nitrogens with one attached hydrogen (secondary N) is 2. The third kappa shape index (κ3) is 2.80. The van der Waals surface area contributed by atoms with Crippen molar-refractivity contribution in [3.8, 4) is 0 Å². The van der Waals surface area contributed by atoms with E-state index in [0.29, 0.717) is 12.6 Å². The van der Waals surface area contributed by atoms with Crippen molar-refractivity contribution in [2.75, 3.05) is 5.32 Å². The largest absolute Gasteiger partial charge is 0.331 e. The summed E-state index contributed by atoms with van der Waals surface area (Å²) in [5.41, 5.74) is 0. The highest BCUT2D eigenvalue weighted by Gasteiger charge is 2.21. The molecular weight excluding hydrogens is 294 g/mol. The SMILES string of the molecule is O=C(NCc1nnc2n1CCC2)Nc1ccnn1C1CCCC1. The number of hydrogen-bond acceptors (Lipinski definition) is 4. The third-order valence-corrected chi connectivity index (χ3v) is 4.68. The van der Waals surface area contributed by atoms with Crippen LogP contribution in [0, 0.1) is 0 Å². The first-order valence-corrected chi connectivity index (χ1v) is 8.30. The fourth-order valence-electron chi connectivity index (χ4n) is 3.51. The molecule has 0 radical (unpaired) electrons. The number of hydrogen-bond donors (Lipinski definition) is 2. The van der Waals surface area contributed by atoms with Crippen LogP contribution in [0.1, 0.15) is 49.8 Å². The summed E-state index contributed by atoms with van der Waals surface area (Å²) in [5.74, 6) is 2.58. The number of anilines is 1. The molecule has 2 N–H and O–H groups in total. The quantitative estimate of drug-likeness (QED) is 0.901. The van der Waals surface area contributed by atoms with Gasteiger partial charge < -0.3 is 9.88 Å². The highest BCUT2D eigenvalue weighted by molar-refractivity contribution is 5.88. The Labute approximate surface area is 134 Å². The number of fused-ring (bicyclic) bond motifs is 1. The average molecular weight is 315 g/mol. The van der Waals surface area contributed by atoms with E-state index in [1.54, 1.807) is 6.20 Å². The van der Waals surface area contributed by atoms with Gasteiger partial charge in [-0.05, 0) is 19.3 Å². The minimum Gasteiger partial charge on any atom is -0.331 e. The molecule has 8 heteroatoms. The van der Waals surface area contributed by atoms with E-state index in [1.807, 2.05) is 10.7 Å². The van der Waals surface area contributed by atoms with Crippen LogP contribution in [0.5, 0.6) is 0 Å². The molecule has 0 spiro atoms. The van der Waals surface area contributed by atoms with E-state index in [1.165, 1.54) is 12.8 Å². The van der Waals surface area contributed by atoms with Crippen molar-refractivity contribution < 1.29 is 4.79 Å². The van der Waals surface area contributed by atoms with Gasteiger partial charge in [-0.1, -0.05) is 12.8 Å². The van der Waals surface area contributed by atoms with E-state index in [2.05, 4.69) is 30.5 Å². The summed E-state index contributed by atoms with van der Waals surface area (Å²) in [5, 5.41) is 18.4. The van der Waals surface area contributed by atoms with Gasteiger partial charge in [-0.2, -0.15) is 5.10 Å². The number of urea groups is 1. The van der Waals surface area contributed by atoms with Crippen LogP contribution in [0.2, 0.25) is 0 Å². The first-order valence-electron chi connectivity index (χ1n) is 8.30. The predicted octanol–water partition coefficient (Wildman–Crippen LogP) is 1.86. The molecule has 122 valence electrons. The first-order chi connectivity index (χ1) is 11.3. The molecule has 2 amide bonds. The highest BCUT2D eigenvalue weighted by atomic mass is 16.2. The molecule has 0 saturated heterocycles. The van der Waals surface area contributed by atoms with E-state index >= 15 is 0 Å². The van der Waals surface area contributed by atoms with Crippen LogP contribution in [0.15, 0.2) is 12.3 Å². The Balaban J connectivity index is 1.36. The maximum absolute atomic E-state index is 12.2. The van der Waals surface area contributed by atoms with Crippen molar-refractivity contribution in [2.45, 2.75) is 57.7 Å². The van der Waals surface area contributed by atoms with E-state index < -0.39 is 0 Å². The van der Waals surface area contributed by atoms with Gasteiger partial charge in [0.25, 0.3) is 0 Å². The molecule has 0 aromatic carbocycles. The number of aromatic nitrogens is 5. The number of carbonyl (C=O) groups is 1. The maximum Gasteiger partial charge on any atom is 0.320 e. The van der Waals surface area contributed by atoms with Gasteiger partial charge in [0.05, 0.1) is 18.8 Å². The monoisotopic (exact) mass is 315 g/mol. The molecule has 1 aliphatic heterocycles. The molecule has 0 atom stereocenters. The number of nitrogens with zero attached hydrogens (tertiary/aromatic N) is 5. The number of amides is 2. The summed E-state index contributed by atoms with van der Waals surface area (Å²) >= 11 is 0. The smallest absolute Gasteiger partial charge is 0.320 e. The highest BCUT2D eigenvalue weighted by Crippen LogP contribution is 2.31. The first kappa shape index (κ1) is 14.2. The van der Waals surface area contributed by atoms with Crippen LogP contribution < -0.4 is 10.6 Å². The van der Waals surface area contributed by atoms with Gasteiger partial charge >= 0.3 is 6.03 Å². The number of aryl methyl sites for hydroxylation is 1. The van der Waals surface area contributed by atoms with Gasteiger partial charge in [-0.25, -0.2) is 9.48 Å². The van der Waals surface area contributed by atoms with Crippen molar-refractivity contribution in [3.63, 3.8) is 0 Å². The van der Waals surface area contributed by atoms with Gasteiger partial charge in [0.2, 0.25) is 0 Å². The fraction of sp³-hybridized carbons (Fsp3) is 0.600. The molecule has 1 saturated carbocycles. The summed E-state index contributed by atoms with van der Waals surface area (Å²) in [6, 6.07) is 2.01. The Bertz CT molecular complexity index is 698. The molecule has 2 aliphatic rings. The van der Waals surface area contributed by atoms with Crippen LogP contribution in [-0.2, 0) is 19.5 Å². The Hall–Kier alpha value is -2.38. The summed E-state index contributed by atoms with van der Waals surface area (Å²) in [6.45, 7) is 1.33. The second-order valence-corrected chi connectivity index (χ2v) is 6.19. The molecule has 0 unspecified atom stereocenters. The van der Waals surface area contributed by atoms with E-state index in [9.17, 15) is 4.79 Å². The Morgan fingerprint density at radius 1 is 1.26 bits per heavy atom. The number of carbonyl (C=O) groups excluding carboxylic acids is 1. The van der Waals surface area contributed by atoms with Crippen LogP contribution >= 0.6 is 0 Å². The molecule has 8 nitrogen and oxygen atoms in total. The Morgan fingerprint density at radius 3 is 3.00 bits per heavy atom. The summed E-state index contributed by atoms with van der Waals surface area (Å²) in [4.78, 5) is 12.2. The lowest BCUT2D eigenvalue weighted by Gasteiger charge is -2.15. The molecule has 0 bridgehead atoms. The average Bonchev–Trinajstić information content (AvgIpc) is 3.30. The number of rotatable bonds is 4.